The summed E-state index contributed by atoms with van der Waals surface area (Å²) in [5, 5.41) is 3.85. The van der Waals surface area contributed by atoms with Crippen LogP contribution in [0.1, 0.15) is 59.1 Å². The number of hydrogen-bond donors (Lipinski definition) is 1. The maximum atomic E-state index is 13.4. The van der Waals surface area contributed by atoms with Gasteiger partial charge in [-0.15, -0.1) is 0 Å². The summed E-state index contributed by atoms with van der Waals surface area (Å²) in [6.45, 7) is 12.4. The number of aryl methyl sites for hydroxylation is 1. The van der Waals surface area contributed by atoms with Gasteiger partial charge in [-0.1, -0.05) is 35.3 Å². The van der Waals surface area contributed by atoms with Crippen LogP contribution in [0.5, 0.6) is 11.5 Å². The van der Waals surface area contributed by atoms with Crippen molar-refractivity contribution in [2.75, 3.05) is 13.2 Å². The Kier molecular flexibility index (Phi) is 10.7. The van der Waals surface area contributed by atoms with E-state index in [2.05, 4.69) is 5.32 Å². The van der Waals surface area contributed by atoms with Crippen LogP contribution in [0.25, 0.3) is 0 Å². The van der Waals surface area contributed by atoms with Crippen LogP contribution in [-0.2, 0) is 22.6 Å². The Bertz CT molecular complexity index is 1000. The Morgan fingerprint density at radius 3 is 2.17 bits per heavy atom. The van der Waals surface area contributed by atoms with Gasteiger partial charge in [-0.2, -0.15) is 0 Å². The number of halogens is 2. The molecule has 0 saturated heterocycles. The average Bonchev–Trinajstić information content (AvgIpc) is 2.77. The third-order valence-electron chi connectivity index (χ3n) is 5.29. The van der Waals surface area contributed by atoms with Gasteiger partial charge < -0.3 is 19.7 Å². The van der Waals surface area contributed by atoms with Crippen molar-refractivity contribution in [1.82, 2.24) is 10.2 Å². The van der Waals surface area contributed by atoms with Crippen LogP contribution in [0.15, 0.2) is 36.4 Å². The van der Waals surface area contributed by atoms with Gasteiger partial charge in [0, 0.05) is 34.1 Å². The van der Waals surface area contributed by atoms with Crippen molar-refractivity contribution in [1.29, 1.82) is 0 Å². The van der Waals surface area contributed by atoms with E-state index in [0.29, 0.717) is 46.7 Å². The predicted molar refractivity (Wildman–Crippen MR) is 141 cm³/mol. The summed E-state index contributed by atoms with van der Waals surface area (Å²) in [6.07, 6.45) is 0.681. The van der Waals surface area contributed by atoms with Crippen LogP contribution in [0, 0.1) is 0 Å². The fraction of sp³-hybridized carbons (Fsp3) is 0.481. The molecule has 0 saturated carbocycles. The highest BCUT2D eigenvalue weighted by molar-refractivity contribution is 6.36. The van der Waals surface area contributed by atoms with E-state index < -0.39 is 11.6 Å². The third kappa shape index (κ3) is 8.62. The Morgan fingerprint density at radius 1 is 1.00 bits per heavy atom. The summed E-state index contributed by atoms with van der Waals surface area (Å²) >= 11 is 12.8. The molecule has 2 rings (SSSR count). The van der Waals surface area contributed by atoms with Crippen molar-refractivity contribution in [3.63, 3.8) is 0 Å². The van der Waals surface area contributed by atoms with Gasteiger partial charge in [-0.25, -0.2) is 0 Å². The summed E-state index contributed by atoms with van der Waals surface area (Å²) in [6, 6.07) is 10.2. The van der Waals surface area contributed by atoms with E-state index in [-0.39, 0.29) is 24.8 Å². The molecule has 35 heavy (non-hydrogen) atoms. The first-order valence-corrected chi connectivity index (χ1v) is 12.6. The van der Waals surface area contributed by atoms with E-state index in [1.165, 1.54) is 4.90 Å². The molecule has 0 aliphatic heterocycles. The number of ether oxygens (including phenoxy) is 2. The van der Waals surface area contributed by atoms with E-state index in [0.717, 1.165) is 5.56 Å². The molecule has 0 aliphatic rings. The number of nitrogens with one attached hydrogen (secondary N) is 1. The molecule has 2 amide bonds. The van der Waals surface area contributed by atoms with E-state index in [9.17, 15) is 9.59 Å². The first-order valence-electron chi connectivity index (χ1n) is 11.9. The monoisotopic (exact) mass is 522 g/mol. The van der Waals surface area contributed by atoms with Crippen LogP contribution in [0.4, 0.5) is 0 Å². The molecule has 0 radical (unpaired) electrons. The molecule has 6 nitrogen and oxygen atoms in total. The fourth-order valence-electron chi connectivity index (χ4n) is 3.56. The van der Waals surface area contributed by atoms with Gasteiger partial charge in [0.1, 0.15) is 6.04 Å². The van der Waals surface area contributed by atoms with E-state index in [4.69, 9.17) is 32.7 Å². The smallest absolute Gasteiger partial charge is 0.242 e. The first-order chi connectivity index (χ1) is 16.5. The summed E-state index contributed by atoms with van der Waals surface area (Å²) in [5.41, 5.74) is 1.12. The second-order valence-corrected chi connectivity index (χ2v) is 10.1. The molecule has 8 heteroatoms. The molecule has 0 aromatic heterocycles. The summed E-state index contributed by atoms with van der Waals surface area (Å²) in [4.78, 5) is 27.9. The van der Waals surface area contributed by atoms with Crippen molar-refractivity contribution < 1.29 is 19.1 Å². The van der Waals surface area contributed by atoms with Crippen LogP contribution >= 0.6 is 23.2 Å². The van der Waals surface area contributed by atoms with Crippen LogP contribution in [-0.4, -0.2) is 41.5 Å². The zero-order chi connectivity index (χ0) is 26.2. The highest BCUT2D eigenvalue weighted by atomic mass is 35.5. The molecule has 2 aromatic carbocycles. The van der Waals surface area contributed by atoms with Gasteiger partial charge in [0.2, 0.25) is 11.8 Å². The number of rotatable bonds is 11. The number of carbonyl (C=O) groups is 2. The number of carbonyl (C=O) groups excluding carboxylic acids is 2. The van der Waals surface area contributed by atoms with Crippen LogP contribution in [0.3, 0.4) is 0 Å². The van der Waals surface area contributed by atoms with Crippen molar-refractivity contribution in [3.8, 4) is 11.5 Å². The molecular formula is C27H36Cl2N2O4. The Hall–Kier alpha value is -2.44. The number of nitrogens with zero attached hydrogens (tertiary/aromatic N) is 1. The molecule has 1 atom stereocenters. The predicted octanol–water partition coefficient (Wildman–Crippen LogP) is 6.06. The fourth-order valence-corrected chi connectivity index (χ4v) is 4.07. The summed E-state index contributed by atoms with van der Waals surface area (Å²) < 4.78 is 11.3. The highest BCUT2D eigenvalue weighted by Gasteiger charge is 2.29. The van der Waals surface area contributed by atoms with Gasteiger partial charge in [-0.3, -0.25) is 9.59 Å². The maximum absolute atomic E-state index is 13.4. The molecule has 2 aromatic rings. The van der Waals surface area contributed by atoms with Gasteiger partial charge >= 0.3 is 0 Å². The zero-order valence-electron chi connectivity index (χ0n) is 21.4. The third-order valence-corrected chi connectivity index (χ3v) is 6.00. The van der Waals surface area contributed by atoms with Crippen molar-refractivity contribution in [3.05, 3.63) is 57.6 Å². The molecule has 0 heterocycles. The Balaban J connectivity index is 2.26. The molecule has 0 unspecified atom stereocenters. The van der Waals surface area contributed by atoms with Gasteiger partial charge in [-0.05, 0) is 77.8 Å². The quantitative estimate of drug-likeness (QED) is 0.389. The van der Waals surface area contributed by atoms with Crippen molar-refractivity contribution in [2.45, 2.75) is 72.5 Å². The lowest BCUT2D eigenvalue weighted by atomic mass is 10.1. The minimum atomic E-state index is -0.714. The minimum Gasteiger partial charge on any atom is -0.490 e. The average molecular weight is 524 g/mol. The molecule has 1 N–H and O–H groups in total. The first kappa shape index (κ1) is 28.8. The number of benzene rings is 2. The number of hydrogen-bond acceptors (Lipinski definition) is 4. The van der Waals surface area contributed by atoms with E-state index in [1.54, 1.807) is 25.1 Å². The SMILES string of the molecule is CCOc1ccc(CCC(=O)N(Cc2c(Cl)cccc2Cl)[C@H](C)C(=O)NC(C)(C)C)cc1OCC. The largest absolute Gasteiger partial charge is 0.490 e. The van der Waals surface area contributed by atoms with Gasteiger partial charge in [0.05, 0.1) is 13.2 Å². The zero-order valence-corrected chi connectivity index (χ0v) is 22.9. The Labute approximate surface area is 218 Å². The van der Waals surface area contributed by atoms with Crippen molar-refractivity contribution >= 4 is 35.0 Å². The molecule has 0 aliphatic carbocycles. The maximum Gasteiger partial charge on any atom is 0.242 e. The normalized spacial score (nSPS) is 12.1. The second kappa shape index (κ2) is 13.0. The lowest BCUT2D eigenvalue weighted by molar-refractivity contribution is -0.141. The van der Waals surface area contributed by atoms with Crippen LogP contribution < -0.4 is 14.8 Å². The lowest BCUT2D eigenvalue weighted by Crippen LogP contribution is -2.52. The van der Waals surface area contributed by atoms with Crippen molar-refractivity contribution in [2.24, 2.45) is 0 Å². The summed E-state index contributed by atoms with van der Waals surface area (Å²) in [7, 11) is 0. The molecular weight excluding hydrogens is 487 g/mol. The topological polar surface area (TPSA) is 67.9 Å². The number of amides is 2. The second-order valence-electron chi connectivity index (χ2n) is 9.28. The molecule has 0 fully saturated rings. The molecule has 192 valence electrons. The van der Waals surface area contributed by atoms with Gasteiger partial charge in [0.15, 0.2) is 11.5 Å². The Morgan fingerprint density at radius 2 is 1.60 bits per heavy atom. The van der Waals surface area contributed by atoms with E-state index >= 15 is 0 Å². The summed E-state index contributed by atoms with van der Waals surface area (Å²) in [5.74, 6) is 0.905. The van der Waals surface area contributed by atoms with Crippen LogP contribution in [0.2, 0.25) is 10.0 Å². The molecule has 0 bridgehead atoms. The highest BCUT2D eigenvalue weighted by Crippen LogP contribution is 2.30. The van der Waals surface area contributed by atoms with Gasteiger partial charge in [0.25, 0.3) is 0 Å². The lowest BCUT2D eigenvalue weighted by Gasteiger charge is -2.32. The van der Waals surface area contributed by atoms with E-state index in [1.807, 2.05) is 52.8 Å². The standard InChI is InChI=1S/C27H36Cl2N2O4/c1-7-34-23-14-12-19(16-24(23)35-8-2)13-15-25(32)31(18(3)26(33)30-27(4,5)6)17-20-21(28)10-9-11-22(20)29/h9-12,14,16,18H,7-8,13,15,17H2,1-6H3,(H,30,33)/t18-/m1/s1. The minimum absolute atomic E-state index is 0.129. The molecule has 0 spiro atoms.